The van der Waals surface area contributed by atoms with Crippen molar-refractivity contribution < 1.29 is 19.1 Å². The van der Waals surface area contributed by atoms with E-state index in [1.165, 1.54) is 4.90 Å². The minimum Gasteiger partial charge on any atom is -0.497 e. The van der Waals surface area contributed by atoms with Crippen molar-refractivity contribution in [2.75, 3.05) is 46.4 Å². The van der Waals surface area contributed by atoms with Crippen LogP contribution in [0.3, 0.4) is 0 Å². The van der Waals surface area contributed by atoms with E-state index in [0.29, 0.717) is 56.0 Å². The van der Waals surface area contributed by atoms with Crippen LogP contribution >= 0.6 is 0 Å². The fourth-order valence-corrected chi connectivity index (χ4v) is 4.62. The van der Waals surface area contributed by atoms with Crippen LogP contribution in [0.2, 0.25) is 0 Å². The van der Waals surface area contributed by atoms with Gasteiger partial charge in [-0.05, 0) is 41.8 Å². The first-order valence-electron chi connectivity index (χ1n) is 11.1. The number of carbonyl (C=O) groups excluding carboxylic acids is 3. The number of nitrogens with zero attached hydrogens (tertiary/aromatic N) is 3. The van der Waals surface area contributed by atoms with Crippen molar-refractivity contribution in [3.05, 3.63) is 77.4 Å². The van der Waals surface area contributed by atoms with Crippen molar-refractivity contribution in [3.8, 4) is 5.75 Å². The molecule has 1 saturated heterocycles. The van der Waals surface area contributed by atoms with E-state index in [1.54, 1.807) is 43.5 Å². The number of carbonyl (C=O) groups is 3. The maximum atomic E-state index is 13.1. The maximum Gasteiger partial charge on any atom is 0.261 e. The Kier molecular flexibility index (Phi) is 5.56. The molecule has 0 saturated carbocycles. The molecular weight excluding hydrogens is 418 g/mol. The fourth-order valence-electron chi connectivity index (χ4n) is 4.62. The molecule has 3 aromatic carbocycles. The molecule has 3 amide bonds. The number of hydrogen-bond donors (Lipinski definition) is 0. The molecule has 5 rings (SSSR count). The lowest BCUT2D eigenvalue weighted by molar-refractivity contribution is 0.0551. The molecule has 0 atom stereocenters. The number of hydrogen-bond acceptors (Lipinski definition) is 5. The van der Waals surface area contributed by atoms with Crippen molar-refractivity contribution in [1.82, 2.24) is 14.7 Å². The van der Waals surface area contributed by atoms with E-state index < -0.39 is 0 Å². The highest BCUT2D eigenvalue weighted by molar-refractivity contribution is 6.25. The second-order valence-corrected chi connectivity index (χ2v) is 8.33. The SMILES string of the molecule is COc1ccc(C(=O)N2CCN(CCN3C(=O)c4cccc5cccc(c45)C3=O)CC2)cc1. The molecule has 2 aliphatic rings. The molecule has 1 fully saturated rings. The molecule has 0 aliphatic carbocycles. The summed E-state index contributed by atoms with van der Waals surface area (Å²) in [5.74, 6) is 0.246. The van der Waals surface area contributed by atoms with Crippen molar-refractivity contribution in [3.63, 3.8) is 0 Å². The molecule has 2 aliphatic heterocycles. The van der Waals surface area contributed by atoms with Gasteiger partial charge >= 0.3 is 0 Å². The monoisotopic (exact) mass is 443 g/mol. The molecular formula is C26H25N3O4. The third-order valence-electron chi connectivity index (χ3n) is 6.49. The maximum absolute atomic E-state index is 13.1. The Bertz CT molecular complexity index is 1180. The Morgan fingerprint density at radius 1 is 0.818 bits per heavy atom. The van der Waals surface area contributed by atoms with Crippen LogP contribution < -0.4 is 4.74 Å². The Hall–Kier alpha value is -3.71. The summed E-state index contributed by atoms with van der Waals surface area (Å²) < 4.78 is 5.15. The van der Waals surface area contributed by atoms with Gasteiger partial charge in [-0.3, -0.25) is 24.2 Å². The Labute approximate surface area is 192 Å². The zero-order valence-corrected chi connectivity index (χ0v) is 18.5. The van der Waals surface area contributed by atoms with Crippen molar-refractivity contribution in [2.24, 2.45) is 0 Å². The summed E-state index contributed by atoms with van der Waals surface area (Å²) in [4.78, 5) is 44.3. The van der Waals surface area contributed by atoms with E-state index in [2.05, 4.69) is 4.90 Å². The molecule has 0 radical (unpaired) electrons. The van der Waals surface area contributed by atoms with Gasteiger partial charge < -0.3 is 9.64 Å². The summed E-state index contributed by atoms with van der Waals surface area (Å²) >= 11 is 0. The highest BCUT2D eigenvalue weighted by atomic mass is 16.5. The minimum atomic E-state index is -0.238. The van der Waals surface area contributed by atoms with Gasteiger partial charge in [0.15, 0.2) is 0 Å². The third-order valence-corrected chi connectivity index (χ3v) is 6.49. The van der Waals surface area contributed by atoms with Gasteiger partial charge in [0, 0.05) is 61.3 Å². The highest BCUT2D eigenvalue weighted by Crippen LogP contribution is 2.29. The summed E-state index contributed by atoms with van der Waals surface area (Å²) in [6, 6.07) is 18.3. The summed E-state index contributed by atoms with van der Waals surface area (Å²) in [5.41, 5.74) is 1.80. The molecule has 0 aromatic heterocycles. The van der Waals surface area contributed by atoms with Crippen molar-refractivity contribution in [2.45, 2.75) is 0 Å². The number of rotatable bonds is 5. The van der Waals surface area contributed by atoms with Gasteiger partial charge in [0.25, 0.3) is 17.7 Å². The number of amides is 3. The molecule has 7 heteroatoms. The first-order chi connectivity index (χ1) is 16.1. The predicted octanol–water partition coefficient (Wildman–Crippen LogP) is 2.90. The second-order valence-electron chi connectivity index (χ2n) is 8.33. The lowest BCUT2D eigenvalue weighted by Crippen LogP contribution is -2.51. The Morgan fingerprint density at radius 2 is 1.42 bits per heavy atom. The van der Waals surface area contributed by atoms with Crippen molar-refractivity contribution >= 4 is 28.5 Å². The third kappa shape index (κ3) is 3.85. The van der Waals surface area contributed by atoms with Gasteiger partial charge in [-0.2, -0.15) is 0 Å². The topological polar surface area (TPSA) is 70.2 Å². The van der Waals surface area contributed by atoms with E-state index in [1.807, 2.05) is 29.2 Å². The quantitative estimate of drug-likeness (QED) is 0.567. The second kappa shape index (κ2) is 8.67. The fraction of sp³-hybridized carbons (Fsp3) is 0.269. The van der Waals surface area contributed by atoms with Gasteiger partial charge in [0.05, 0.1) is 7.11 Å². The molecule has 168 valence electrons. The number of methoxy groups -OCH3 is 1. The first-order valence-corrected chi connectivity index (χ1v) is 11.1. The summed E-state index contributed by atoms with van der Waals surface area (Å²) in [7, 11) is 1.60. The first kappa shape index (κ1) is 21.2. The van der Waals surface area contributed by atoms with Gasteiger partial charge in [-0.1, -0.05) is 24.3 Å². The highest BCUT2D eigenvalue weighted by Gasteiger charge is 2.33. The lowest BCUT2D eigenvalue weighted by Gasteiger charge is -2.36. The van der Waals surface area contributed by atoms with Gasteiger partial charge in [0.2, 0.25) is 0 Å². The number of ether oxygens (including phenoxy) is 1. The zero-order chi connectivity index (χ0) is 22.9. The summed E-state index contributed by atoms with van der Waals surface area (Å²) in [6.45, 7) is 3.52. The van der Waals surface area contributed by atoms with E-state index in [-0.39, 0.29) is 17.7 Å². The molecule has 0 spiro atoms. The molecule has 0 bridgehead atoms. The Morgan fingerprint density at radius 3 is 2.00 bits per heavy atom. The van der Waals surface area contributed by atoms with Gasteiger partial charge in [-0.25, -0.2) is 0 Å². The van der Waals surface area contributed by atoms with Crippen LogP contribution in [0.5, 0.6) is 5.75 Å². The van der Waals surface area contributed by atoms with E-state index in [0.717, 1.165) is 16.5 Å². The van der Waals surface area contributed by atoms with Gasteiger partial charge in [-0.15, -0.1) is 0 Å². The van der Waals surface area contributed by atoms with E-state index >= 15 is 0 Å². The lowest BCUT2D eigenvalue weighted by atomic mass is 9.94. The van der Waals surface area contributed by atoms with Crippen LogP contribution in [0.1, 0.15) is 31.1 Å². The molecule has 0 N–H and O–H groups in total. The number of piperazine rings is 1. The predicted molar refractivity (Wildman–Crippen MR) is 125 cm³/mol. The van der Waals surface area contributed by atoms with Crippen LogP contribution in [-0.2, 0) is 0 Å². The van der Waals surface area contributed by atoms with Crippen LogP contribution in [0.4, 0.5) is 0 Å². The average molecular weight is 444 g/mol. The standard InChI is InChI=1S/C26H25N3O4/c1-33-20-10-8-19(9-11-20)24(30)28-15-12-27(13-16-28)14-17-29-25(31)21-6-2-4-18-5-3-7-22(23(18)21)26(29)32/h2-11H,12-17H2,1H3. The Balaban J connectivity index is 1.20. The summed E-state index contributed by atoms with van der Waals surface area (Å²) in [6.07, 6.45) is 0. The van der Waals surface area contributed by atoms with Crippen LogP contribution in [0.25, 0.3) is 10.8 Å². The minimum absolute atomic E-state index is 0.00314. The smallest absolute Gasteiger partial charge is 0.261 e. The van der Waals surface area contributed by atoms with E-state index in [4.69, 9.17) is 4.74 Å². The summed E-state index contributed by atoms with van der Waals surface area (Å²) in [5, 5.41) is 1.65. The largest absolute Gasteiger partial charge is 0.497 e. The van der Waals surface area contributed by atoms with Crippen LogP contribution in [0.15, 0.2) is 60.7 Å². The van der Waals surface area contributed by atoms with Crippen LogP contribution in [0, 0.1) is 0 Å². The molecule has 7 nitrogen and oxygen atoms in total. The molecule has 33 heavy (non-hydrogen) atoms. The van der Waals surface area contributed by atoms with Crippen LogP contribution in [-0.4, -0.2) is 78.8 Å². The van der Waals surface area contributed by atoms with Crippen molar-refractivity contribution in [1.29, 1.82) is 0 Å². The average Bonchev–Trinajstić information content (AvgIpc) is 2.87. The zero-order valence-electron chi connectivity index (χ0n) is 18.5. The molecule has 3 aromatic rings. The normalized spacial score (nSPS) is 16.4. The van der Waals surface area contributed by atoms with Gasteiger partial charge in [0.1, 0.15) is 5.75 Å². The number of benzene rings is 3. The number of imide groups is 1. The van der Waals surface area contributed by atoms with E-state index in [9.17, 15) is 14.4 Å². The molecule has 0 unspecified atom stereocenters. The molecule has 2 heterocycles.